The molecular weight excluding hydrogens is 582 g/mol. The smallest absolute Gasteiger partial charge is 0.341 e. The minimum atomic E-state index is -1.30. The summed E-state index contributed by atoms with van der Waals surface area (Å²) in [5.41, 5.74) is 1.96. The number of pyridine rings is 3. The molecule has 1 atom stereocenters. The Morgan fingerprint density at radius 1 is 1.16 bits per heavy atom. The fraction of sp³-hybridized carbons (Fsp3) is 0.312. The van der Waals surface area contributed by atoms with Gasteiger partial charge >= 0.3 is 5.97 Å². The predicted molar refractivity (Wildman–Crippen MR) is 171 cm³/mol. The van der Waals surface area contributed by atoms with E-state index in [9.17, 15) is 14.7 Å². The highest BCUT2D eigenvalue weighted by Gasteiger charge is 2.30. The number of carbonyl (C=O) groups is 1. The lowest BCUT2D eigenvalue weighted by Gasteiger charge is -2.43. The van der Waals surface area contributed by atoms with Crippen LogP contribution in [0, 0.1) is 0 Å². The first kappa shape index (κ1) is 28.2. The average molecular weight is 614 g/mol. The van der Waals surface area contributed by atoms with Crippen molar-refractivity contribution < 1.29 is 14.6 Å². The van der Waals surface area contributed by atoms with E-state index in [1.807, 2.05) is 30.5 Å². The van der Waals surface area contributed by atoms with Gasteiger partial charge in [0, 0.05) is 48.8 Å². The van der Waals surface area contributed by atoms with Crippen molar-refractivity contribution in [2.75, 3.05) is 50.1 Å². The molecular formula is C32H32ClN7O4. The molecule has 7 rings (SSSR count). The molecule has 2 saturated heterocycles. The third kappa shape index (κ3) is 4.91. The van der Waals surface area contributed by atoms with Crippen LogP contribution in [0.3, 0.4) is 0 Å². The molecule has 0 amide bonds. The summed E-state index contributed by atoms with van der Waals surface area (Å²) < 4.78 is 7.97. The van der Waals surface area contributed by atoms with Gasteiger partial charge < -0.3 is 34.1 Å². The summed E-state index contributed by atoms with van der Waals surface area (Å²) >= 11 is 6.83. The zero-order valence-electron chi connectivity index (χ0n) is 24.4. The maximum Gasteiger partial charge on any atom is 0.341 e. The number of nitrogens with one attached hydrogen (secondary N) is 1. The summed E-state index contributed by atoms with van der Waals surface area (Å²) in [7, 11) is 4.14. The number of H-pyrrole nitrogens is 1. The number of likely N-dealkylation sites (N-methyl/N-ethyl adjacent to an activating group) is 1. The third-order valence-corrected chi connectivity index (χ3v) is 9.09. The second-order valence-electron chi connectivity index (χ2n) is 11.6. The number of hydrogen-bond acceptors (Lipinski definition) is 8. The molecule has 11 nitrogen and oxygen atoms in total. The van der Waals surface area contributed by atoms with Crippen LogP contribution in [-0.2, 0) is 0 Å². The zero-order valence-corrected chi connectivity index (χ0v) is 25.2. The van der Waals surface area contributed by atoms with Gasteiger partial charge in [-0.2, -0.15) is 0 Å². The van der Waals surface area contributed by atoms with E-state index in [4.69, 9.17) is 16.3 Å². The molecule has 0 bridgehead atoms. The first-order valence-electron chi connectivity index (χ1n) is 14.6. The Bertz CT molecular complexity index is 1930. The third-order valence-electron chi connectivity index (χ3n) is 8.79. The Morgan fingerprint density at radius 3 is 2.75 bits per heavy atom. The largest absolute Gasteiger partial charge is 0.489 e. The molecule has 0 spiro atoms. The second-order valence-corrected chi connectivity index (χ2v) is 12.0. The van der Waals surface area contributed by atoms with Crippen LogP contribution < -0.4 is 20.0 Å². The maximum atomic E-state index is 13.3. The Morgan fingerprint density at radius 2 is 2.00 bits per heavy atom. The molecule has 1 aromatic carbocycles. The standard InChI is InChI=1S/C32H32ClN7O4/c1-37(2)21-15-38(16-21)30-6-5-19(12-36-30)40-17-24(32(42)43)31(41)23-10-25(33)28(11-27(23)40)39-9-3-4-20(39)18-44-29-14-34-13-26-22(29)7-8-35-26/h5-8,10-14,17,20-21,35H,3-4,9,15-16,18H2,1-2H3,(H,42,43)/t20-/m1/s1. The lowest BCUT2D eigenvalue weighted by atomic mass is 10.1. The minimum absolute atomic E-state index is 0.0427. The number of rotatable bonds is 8. The lowest BCUT2D eigenvalue weighted by molar-refractivity contribution is 0.0695. The predicted octanol–water partition coefficient (Wildman–Crippen LogP) is 4.41. The van der Waals surface area contributed by atoms with E-state index in [1.54, 1.807) is 29.2 Å². The Labute approximate surface area is 258 Å². The van der Waals surface area contributed by atoms with Crippen LogP contribution in [0.25, 0.3) is 27.5 Å². The van der Waals surface area contributed by atoms with E-state index in [-0.39, 0.29) is 17.0 Å². The monoisotopic (exact) mass is 613 g/mol. The zero-order chi connectivity index (χ0) is 30.5. The summed E-state index contributed by atoms with van der Waals surface area (Å²) in [5.74, 6) is 0.265. The first-order valence-corrected chi connectivity index (χ1v) is 15.0. The van der Waals surface area contributed by atoms with E-state index in [0.717, 1.165) is 54.9 Å². The van der Waals surface area contributed by atoms with Crippen LogP contribution in [0.2, 0.25) is 5.02 Å². The van der Waals surface area contributed by atoms with Gasteiger partial charge in [-0.1, -0.05) is 11.6 Å². The quantitative estimate of drug-likeness (QED) is 0.262. The Hall–Kier alpha value is -4.61. The van der Waals surface area contributed by atoms with E-state index < -0.39 is 11.4 Å². The summed E-state index contributed by atoms with van der Waals surface area (Å²) in [6, 6.07) is 9.78. The highest BCUT2D eigenvalue weighted by Crippen LogP contribution is 2.36. The molecule has 226 valence electrons. The molecule has 0 saturated carbocycles. The van der Waals surface area contributed by atoms with Crippen LogP contribution in [0.1, 0.15) is 23.2 Å². The molecule has 4 aromatic heterocycles. The van der Waals surface area contributed by atoms with Crippen LogP contribution >= 0.6 is 11.6 Å². The number of ether oxygens (including phenoxy) is 1. The number of fused-ring (bicyclic) bond motifs is 2. The summed E-state index contributed by atoms with van der Waals surface area (Å²) in [6.45, 7) is 2.98. The minimum Gasteiger partial charge on any atom is -0.489 e. The molecule has 2 aliphatic rings. The maximum absolute atomic E-state index is 13.3. The summed E-state index contributed by atoms with van der Waals surface area (Å²) in [6.07, 6.45) is 10.3. The van der Waals surface area contributed by atoms with E-state index in [0.29, 0.717) is 34.6 Å². The number of aromatic carboxylic acids is 1. The fourth-order valence-electron chi connectivity index (χ4n) is 6.18. The first-order chi connectivity index (χ1) is 21.3. The van der Waals surface area contributed by atoms with Crippen molar-refractivity contribution in [2.24, 2.45) is 0 Å². The average Bonchev–Trinajstić information content (AvgIpc) is 3.66. The van der Waals surface area contributed by atoms with Crippen molar-refractivity contribution in [3.8, 4) is 11.4 Å². The fourth-order valence-corrected chi connectivity index (χ4v) is 6.45. The van der Waals surface area contributed by atoms with Crippen molar-refractivity contribution in [1.82, 2.24) is 24.4 Å². The summed E-state index contributed by atoms with van der Waals surface area (Å²) in [4.78, 5) is 44.1. The van der Waals surface area contributed by atoms with Crippen LogP contribution in [-0.4, -0.2) is 87.9 Å². The van der Waals surface area contributed by atoms with Crippen molar-refractivity contribution in [3.05, 3.63) is 82.1 Å². The van der Waals surface area contributed by atoms with Gasteiger partial charge in [0.15, 0.2) is 0 Å². The van der Waals surface area contributed by atoms with Gasteiger partial charge in [0.1, 0.15) is 23.7 Å². The van der Waals surface area contributed by atoms with Gasteiger partial charge in [-0.25, -0.2) is 9.78 Å². The number of aromatic nitrogens is 4. The van der Waals surface area contributed by atoms with Crippen LogP contribution in [0.5, 0.6) is 5.75 Å². The number of hydrogen-bond donors (Lipinski definition) is 2. The molecule has 0 unspecified atom stereocenters. The van der Waals surface area contributed by atoms with E-state index in [2.05, 4.69) is 43.7 Å². The highest BCUT2D eigenvalue weighted by atomic mass is 35.5. The van der Waals surface area contributed by atoms with Crippen molar-refractivity contribution in [1.29, 1.82) is 0 Å². The molecule has 12 heteroatoms. The normalized spacial score (nSPS) is 17.1. The number of halogens is 1. The second kappa shape index (κ2) is 11.1. The van der Waals surface area contributed by atoms with Crippen molar-refractivity contribution >= 4 is 50.9 Å². The molecule has 0 radical (unpaired) electrons. The summed E-state index contributed by atoms with van der Waals surface area (Å²) in [5, 5.41) is 11.4. The molecule has 2 aliphatic heterocycles. The number of nitrogens with zero attached hydrogens (tertiary/aromatic N) is 6. The van der Waals surface area contributed by atoms with Gasteiger partial charge in [0.2, 0.25) is 5.43 Å². The van der Waals surface area contributed by atoms with Gasteiger partial charge in [0.05, 0.1) is 52.1 Å². The SMILES string of the molecule is CN(C)C1CN(c2ccc(-n3cc(C(=O)O)c(=O)c4cc(Cl)c(N5CCC[C@@H]5COc5cncc6[nH]ccc56)cc43)cn2)C1. The van der Waals surface area contributed by atoms with Gasteiger partial charge in [0.25, 0.3) is 0 Å². The number of benzene rings is 1. The number of anilines is 2. The van der Waals surface area contributed by atoms with Gasteiger partial charge in [-0.05, 0) is 57.3 Å². The molecule has 44 heavy (non-hydrogen) atoms. The number of aromatic amines is 1. The van der Waals surface area contributed by atoms with Crippen LogP contribution in [0.15, 0.2) is 66.1 Å². The lowest BCUT2D eigenvalue weighted by Crippen LogP contribution is -2.57. The van der Waals surface area contributed by atoms with E-state index >= 15 is 0 Å². The Kier molecular flexibility index (Phi) is 7.14. The topological polar surface area (TPSA) is 120 Å². The molecule has 2 fully saturated rings. The molecule has 0 aliphatic carbocycles. The molecule has 6 heterocycles. The van der Waals surface area contributed by atoms with Crippen LogP contribution in [0.4, 0.5) is 11.5 Å². The van der Waals surface area contributed by atoms with E-state index in [1.165, 1.54) is 6.20 Å². The van der Waals surface area contributed by atoms with Gasteiger partial charge in [-0.3, -0.25) is 9.78 Å². The Balaban J connectivity index is 1.23. The van der Waals surface area contributed by atoms with Gasteiger partial charge in [-0.15, -0.1) is 0 Å². The number of carboxylic acids is 1. The van der Waals surface area contributed by atoms with Crippen molar-refractivity contribution in [3.63, 3.8) is 0 Å². The highest BCUT2D eigenvalue weighted by molar-refractivity contribution is 6.34. The molecule has 2 N–H and O–H groups in total. The van der Waals surface area contributed by atoms with Crippen molar-refractivity contribution in [2.45, 2.75) is 24.9 Å². The number of carboxylic acid groups (broad SMARTS) is 1. The molecule has 5 aromatic rings.